The van der Waals surface area contributed by atoms with Gasteiger partial charge in [-0.25, -0.2) is 13.2 Å². The highest BCUT2D eigenvalue weighted by Crippen LogP contribution is 2.26. The summed E-state index contributed by atoms with van der Waals surface area (Å²) < 4.78 is 45.1. The monoisotopic (exact) mass is 791 g/mol. The predicted octanol–water partition coefficient (Wildman–Crippen LogP) is 2.26. The predicted molar refractivity (Wildman–Crippen MR) is 213 cm³/mol. The number of morpholine rings is 1. The molecule has 0 aliphatic carbocycles. The number of benzene rings is 3. The fraction of sp³-hybridized carbons (Fsp3) is 0.488. The van der Waals surface area contributed by atoms with Crippen LogP contribution >= 0.6 is 0 Å². The van der Waals surface area contributed by atoms with Crippen LogP contribution in [0, 0.1) is 5.92 Å². The molecule has 3 aromatic carbocycles. The second kappa shape index (κ2) is 19.8. The zero-order valence-electron chi connectivity index (χ0n) is 32.5. The minimum absolute atomic E-state index is 0.0112. The highest BCUT2D eigenvalue weighted by Gasteiger charge is 2.40. The largest absolute Gasteiger partial charge is 0.489 e. The van der Waals surface area contributed by atoms with E-state index in [9.17, 15) is 32.8 Å². The van der Waals surface area contributed by atoms with Gasteiger partial charge in [0.05, 0.1) is 25.0 Å². The van der Waals surface area contributed by atoms with Crippen molar-refractivity contribution in [3.63, 3.8) is 0 Å². The van der Waals surface area contributed by atoms with Gasteiger partial charge in [-0.15, -0.1) is 0 Å². The van der Waals surface area contributed by atoms with Crippen LogP contribution < -0.4 is 15.5 Å². The Balaban J connectivity index is 1.39. The van der Waals surface area contributed by atoms with E-state index < -0.39 is 58.4 Å². The molecule has 5 rings (SSSR count). The molecule has 1 amide bonds. The van der Waals surface area contributed by atoms with Crippen LogP contribution in [0.2, 0.25) is 0 Å². The minimum Gasteiger partial charge on any atom is -0.489 e. The summed E-state index contributed by atoms with van der Waals surface area (Å²) in [5.41, 5.74) is 1.61. The second-order valence-electron chi connectivity index (χ2n) is 15.4. The van der Waals surface area contributed by atoms with Crippen molar-refractivity contribution in [1.29, 1.82) is 0 Å². The zero-order chi connectivity index (χ0) is 40.3. The van der Waals surface area contributed by atoms with Crippen LogP contribution in [0.1, 0.15) is 56.7 Å². The minimum atomic E-state index is -3.72. The molecule has 2 saturated heterocycles. The van der Waals surface area contributed by atoms with Crippen molar-refractivity contribution < 1.29 is 47.1 Å². The van der Waals surface area contributed by atoms with Gasteiger partial charge in [0.25, 0.3) is 0 Å². The molecule has 3 aromatic rings. The third-order valence-corrected chi connectivity index (χ3v) is 11.8. The van der Waals surface area contributed by atoms with Crippen molar-refractivity contribution in [3.8, 4) is 5.75 Å². The van der Waals surface area contributed by atoms with Gasteiger partial charge in [0, 0.05) is 38.4 Å². The summed E-state index contributed by atoms with van der Waals surface area (Å²) in [5, 5.41) is 22.3. The smallest absolute Gasteiger partial charge is 0.488 e. The van der Waals surface area contributed by atoms with Gasteiger partial charge in [-0.3, -0.25) is 14.5 Å². The Kier molecular flexibility index (Phi) is 15.2. The summed E-state index contributed by atoms with van der Waals surface area (Å²) in [7, 11) is -5.45. The molecule has 0 aromatic heterocycles. The number of ether oxygens (including phenoxy) is 3. The first kappa shape index (κ1) is 43.0. The lowest BCUT2D eigenvalue weighted by atomic mass is 9.79. The van der Waals surface area contributed by atoms with E-state index in [0.29, 0.717) is 62.8 Å². The molecule has 302 valence electrons. The van der Waals surface area contributed by atoms with Crippen molar-refractivity contribution in [3.05, 3.63) is 95.6 Å². The summed E-state index contributed by atoms with van der Waals surface area (Å²) in [4.78, 5) is 44.5. The molecule has 0 bridgehead atoms. The topological polar surface area (TPSA) is 172 Å². The summed E-state index contributed by atoms with van der Waals surface area (Å²) in [6.07, 6.45) is 0.478. The average Bonchev–Trinajstić information content (AvgIpc) is 3.52. The first-order chi connectivity index (χ1) is 26.7. The number of nitrogens with zero attached hydrogens (tertiary/aromatic N) is 2. The maximum absolute atomic E-state index is 14.5. The van der Waals surface area contributed by atoms with E-state index in [-0.39, 0.29) is 43.4 Å². The SMILES string of the molecule is CC(C)(C)OC(=O)[C@H](Cc1cccc(B(O)O)c1)NC(=O)[C@H](CCN1CCOCC1)CC(=O)[C@H](Cc1cccc(OCc2ccccc2)c1)N1CCCS1(=O)=O. The molecule has 2 fully saturated rings. The van der Waals surface area contributed by atoms with E-state index in [1.807, 2.05) is 54.6 Å². The number of sulfonamides is 1. The highest BCUT2D eigenvalue weighted by atomic mass is 32.2. The number of hydrogen-bond acceptors (Lipinski definition) is 11. The number of rotatable bonds is 18. The molecule has 0 spiro atoms. The van der Waals surface area contributed by atoms with E-state index in [1.165, 1.54) is 16.4 Å². The number of nitrogens with one attached hydrogen (secondary N) is 1. The lowest BCUT2D eigenvalue weighted by molar-refractivity contribution is -0.159. The molecule has 0 radical (unpaired) electrons. The quantitative estimate of drug-likeness (QED) is 0.128. The Morgan fingerprint density at radius 3 is 2.23 bits per heavy atom. The van der Waals surface area contributed by atoms with Crippen LogP contribution in [0.4, 0.5) is 0 Å². The van der Waals surface area contributed by atoms with Gasteiger partial charge in [-0.2, -0.15) is 4.31 Å². The van der Waals surface area contributed by atoms with E-state index in [1.54, 1.807) is 32.9 Å². The van der Waals surface area contributed by atoms with Crippen LogP contribution in [0.5, 0.6) is 5.75 Å². The summed E-state index contributed by atoms with van der Waals surface area (Å²) in [5.74, 6) is -2.02. The van der Waals surface area contributed by atoms with Crippen LogP contribution in [0.15, 0.2) is 78.9 Å². The fourth-order valence-electron chi connectivity index (χ4n) is 6.95. The van der Waals surface area contributed by atoms with E-state index in [4.69, 9.17) is 14.2 Å². The Morgan fingerprint density at radius 2 is 1.57 bits per heavy atom. The van der Waals surface area contributed by atoms with Crippen molar-refractivity contribution in [1.82, 2.24) is 14.5 Å². The van der Waals surface area contributed by atoms with Gasteiger partial charge < -0.3 is 29.6 Å². The molecule has 3 N–H and O–H groups in total. The Morgan fingerprint density at radius 1 is 0.893 bits per heavy atom. The van der Waals surface area contributed by atoms with Crippen LogP contribution in [-0.2, 0) is 53.3 Å². The average molecular weight is 792 g/mol. The van der Waals surface area contributed by atoms with Gasteiger partial charge in [0.1, 0.15) is 24.0 Å². The van der Waals surface area contributed by atoms with Gasteiger partial charge in [0.2, 0.25) is 15.9 Å². The zero-order valence-corrected chi connectivity index (χ0v) is 33.3. The summed E-state index contributed by atoms with van der Waals surface area (Å²) in [6, 6.07) is 21.1. The molecule has 13 nitrogen and oxygen atoms in total. The fourth-order valence-corrected chi connectivity index (χ4v) is 8.67. The van der Waals surface area contributed by atoms with Gasteiger partial charge in [0.15, 0.2) is 5.78 Å². The Labute approximate surface area is 330 Å². The first-order valence-corrected chi connectivity index (χ1v) is 20.8. The molecular formula is C41H54BN3O10S. The maximum atomic E-state index is 14.5. The second-order valence-corrected chi connectivity index (χ2v) is 17.5. The normalized spacial score (nSPS) is 17.7. The third-order valence-electron chi connectivity index (χ3n) is 9.85. The Bertz CT molecular complexity index is 1880. The molecule has 2 aliphatic heterocycles. The number of ketones is 1. The number of amides is 1. The van der Waals surface area contributed by atoms with E-state index in [2.05, 4.69) is 10.2 Å². The molecule has 0 unspecified atom stereocenters. The molecule has 15 heteroatoms. The van der Waals surface area contributed by atoms with Crippen LogP contribution in [-0.4, -0.2) is 115 Å². The third kappa shape index (κ3) is 13.0. The van der Waals surface area contributed by atoms with E-state index in [0.717, 1.165) is 5.56 Å². The number of hydrogen-bond donors (Lipinski definition) is 3. The standard InChI is InChI=1S/C41H54BN3O10S/c1-41(2,3)55-40(48)36(26-31-12-7-14-34(24-31)42(49)50)43-39(47)33(16-18-44-19-21-53-22-20-44)28-38(46)37(45-17-9-23-56(45,51)52)27-32-13-8-15-35(25-32)54-29-30-10-5-4-6-11-30/h4-8,10-15,24-25,33,36-37,49-50H,9,16-23,26-29H2,1-3H3,(H,43,47)/t33-,36+,37+/m1/s1. The number of Topliss-reactive ketones (excluding diaryl/α,β-unsaturated/α-hetero) is 1. The highest BCUT2D eigenvalue weighted by molar-refractivity contribution is 7.89. The number of carbonyl (C=O) groups is 3. The number of carbonyl (C=O) groups excluding carboxylic acids is 3. The van der Waals surface area contributed by atoms with E-state index >= 15 is 0 Å². The molecule has 56 heavy (non-hydrogen) atoms. The lowest BCUT2D eigenvalue weighted by Crippen LogP contribution is -2.49. The lowest BCUT2D eigenvalue weighted by Gasteiger charge is -2.30. The summed E-state index contributed by atoms with van der Waals surface area (Å²) >= 11 is 0. The van der Waals surface area contributed by atoms with Crippen molar-refractivity contribution in [2.45, 2.75) is 77.2 Å². The van der Waals surface area contributed by atoms with Gasteiger partial charge in [-0.1, -0.05) is 66.7 Å². The maximum Gasteiger partial charge on any atom is 0.488 e. The summed E-state index contributed by atoms with van der Waals surface area (Å²) in [6.45, 7) is 8.57. The van der Waals surface area contributed by atoms with Crippen molar-refractivity contribution >= 4 is 40.3 Å². The Hall–Kier alpha value is -4.12. The first-order valence-electron chi connectivity index (χ1n) is 19.2. The van der Waals surface area contributed by atoms with Crippen molar-refractivity contribution in [2.24, 2.45) is 5.92 Å². The molecule has 2 heterocycles. The molecular weight excluding hydrogens is 737 g/mol. The molecule has 0 saturated carbocycles. The van der Waals surface area contributed by atoms with Crippen LogP contribution in [0.25, 0.3) is 0 Å². The van der Waals surface area contributed by atoms with Gasteiger partial charge >= 0.3 is 13.1 Å². The van der Waals surface area contributed by atoms with Crippen molar-refractivity contribution in [2.75, 3.05) is 45.1 Å². The van der Waals surface area contributed by atoms with Crippen LogP contribution in [0.3, 0.4) is 0 Å². The number of esters is 1. The van der Waals surface area contributed by atoms with Gasteiger partial charge in [-0.05, 0) is 80.9 Å². The molecule has 2 aliphatic rings. The molecule has 3 atom stereocenters.